The second kappa shape index (κ2) is 8.36. The van der Waals surface area contributed by atoms with Gasteiger partial charge in [0.15, 0.2) is 0 Å². The minimum atomic E-state index is -0.0636. The number of nitrogens with zero attached hydrogens (tertiary/aromatic N) is 1. The molecule has 2 aromatic rings. The molecule has 0 saturated carbocycles. The normalized spacial score (nSPS) is 16.4. The first-order chi connectivity index (χ1) is 12.6. The number of carbonyl (C=O) groups excluding carboxylic acids is 1. The molecule has 5 nitrogen and oxygen atoms in total. The third-order valence-corrected chi connectivity index (χ3v) is 5.44. The lowest BCUT2D eigenvalue weighted by molar-refractivity contribution is 0.222. The van der Waals surface area contributed by atoms with E-state index in [1.54, 1.807) is 26.0 Å². The van der Waals surface area contributed by atoms with E-state index < -0.39 is 0 Å². The van der Waals surface area contributed by atoms with Gasteiger partial charge in [0.2, 0.25) is 0 Å². The van der Waals surface area contributed by atoms with Crippen molar-refractivity contribution >= 4 is 23.5 Å². The zero-order valence-electron chi connectivity index (χ0n) is 15.3. The Labute approximate surface area is 158 Å². The summed E-state index contributed by atoms with van der Waals surface area (Å²) < 4.78 is 10.8. The molecule has 0 radical (unpaired) electrons. The molecule has 3 rings (SSSR count). The molecule has 1 aliphatic rings. The van der Waals surface area contributed by atoms with Crippen molar-refractivity contribution in [2.24, 2.45) is 0 Å². The number of rotatable bonds is 5. The molecule has 1 heterocycles. The number of thioether (sulfide) groups is 1. The van der Waals surface area contributed by atoms with E-state index in [1.165, 1.54) is 4.90 Å². The first-order valence-electron chi connectivity index (χ1n) is 8.56. The van der Waals surface area contributed by atoms with Gasteiger partial charge in [0.25, 0.3) is 0 Å². The third-order valence-electron chi connectivity index (χ3n) is 4.69. The van der Waals surface area contributed by atoms with Crippen LogP contribution in [-0.2, 0) is 0 Å². The van der Waals surface area contributed by atoms with E-state index in [-0.39, 0.29) is 11.9 Å². The zero-order valence-corrected chi connectivity index (χ0v) is 16.1. The lowest BCUT2D eigenvalue weighted by Gasteiger charge is -2.19. The smallest absolute Gasteiger partial charge is 0.321 e. The number of amides is 2. The van der Waals surface area contributed by atoms with Gasteiger partial charge in [0.05, 0.1) is 14.2 Å². The highest BCUT2D eigenvalue weighted by Gasteiger charge is 2.29. The van der Waals surface area contributed by atoms with Crippen LogP contribution in [0.3, 0.4) is 0 Å². The van der Waals surface area contributed by atoms with Crippen molar-refractivity contribution in [1.29, 1.82) is 0 Å². The molecule has 0 bridgehead atoms. The van der Waals surface area contributed by atoms with Gasteiger partial charge >= 0.3 is 6.03 Å². The average Bonchev–Trinajstić information content (AvgIpc) is 3.18. The van der Waals surface area contributed by atoms with Crippen molar-refractivity contribution in [2.45, 2.75) is 17.2 Å². The van der Waals surface area contributed by atoms with Gasteiger partial charge in [-0.2, -0.15) is 0 Å². The molecule has 26 heavy (non-hydrogen) atoms. The number of anilines is 1. The van der Waals surface area contributed by atoms with Gasteiger partial charge in [0.1, 0.15) is 11.5 Å². The van der Waals surface area contributed by atoms with Gasteiger partial charge in [-0.15, -0.1) is 11.8 Å². The highest BCUT2D eigenvalue weighted by atomic mass is 32.2. The molecule has 0 unspecified atom stereocenters. The quantitative estimate of drug-likeness (QED) is 0.788. The number of nitrogens with one attached hydrogen (secondary N) is 1. The average molecular weight is 372 g/mol. The number of urea groups is 1. The molecule has 0 aliphatic carbocycles. The summed E-state index contributed by atoms with van der Waals surface area (Å²) in [6.07, 6.45) is 2.94. The molecule has 1 atom stereocenters. The van der Waals surface area contributed by atoms with E-state index in [9.17, 15) is 4.79 Å². The molecule has 1 aliphatic heterocycles. The maximum Gasteiger partial charge on any atom is 0.321 e. The number of hydrogen-bond acceptors (Lipinski definition) is 4. The molecule has 2 aromatic carbocycles. The molecular formula is C20H24N2O3S. The van der Waals surface area contributed by atoms with Crippen LogP contribution in [-0.4, -0.2) is 44.5 Å². The SMILES string of the molecule is COc1ccc(OC)c([C@@H]2CCN(C(=O)Nc3ccc(SC)cc3)C2)c1. The monoisotopic (exact) mass is 372 g/mol. The standard InChI is InChI=1S/C20H24N2O3S/c1-24-16-6-9-19(25-2)18(12-16)14-10-11-22(13-14)20(23)21-15-4-7-17(26-3)8-5-15/h4-9,12,14H,10-11,13H2,1-3H3,(H,21,23)/t14-/m1/s1. The molecule has 1 saturated heterocycles. The summed E-state index contributed by atoms with van der Waals surface area (Å²) in [6.45, 7) is 1.39. The second-order valence-corrected chi connectivity index (χ2v) is 7.08. The van der Waals surface area contributed by atoms with Crippen molar-refractivity contribution in [3.8, 4) is 11.5 Å². The molecule has 138 valence electrons. The number of hydrogen-bond donors (Lipinski definition) is 1. The number of carbonyl (C=O) groups is 1. The van der Waals surface area contributed by atoms with E-state index in [0.717, 1.165) is 35.7 Å². The van der Waals surface area contributed by atoms with Crippen LogP contribution >= 0.6 is 11.8 Å². The minimum Gasteiger partial charge on any atom is -0.497 e. The van der Waals surface area contributed by atoms with Gasteiger partial charge in [0, 0.05) is 35.2 Å². The van der Waals surface area contributed by atoms with Crippen LogP contribution in [0.2, 0.25) is 0 Å². The summed E-state index contributed by atoms with van der Waals surface area (Å²) in [4.78, 5) is 15.6. The van der Waals surface area contributed by atoms with Gasteiger partial charge in [-0.25, -0.2) is 4.79 Å². The Morgan fingerprint density at radius 3 is 2.58 bits per heavy atom. The van der Waals surface area contributed by atoms with Crippen molar-refractivity contribution < 1.29 is 14.3 Å². The summed E-state index contributed by atoms with van der Waals surface area (Å²) >= 11 is 1.68. The second-order valence-electron chi connectivity index (χ2n) is 6.20. The molecule has 6 heteroatoms. The Morgan fingerprint density at radius 2 is 1.92 bits per heavy atom. The van der Waals surface area contributed by atoms with E-state index in [4.69, 9.17) is 9.47 Å². The van der Waals surface area contributed by atoms with Gasteiger partial charge in [-0.3, -0.25) is 0 Å². The minimum absolute atomic E-state index is 0.0636. The number of ether oxygens (including phenoxy) is 2. The summed E-state index contributed by atoms with van der Waals surface area (Å²) in [6, 6.07) is 13.6. The first-order valence-corrected chi connectivity index (χ1v) is 9.79. The topological polar surface area (TPSA) is 50.8 Å². The summed E-state index contributed by atoms with van der Waals surface area (Å²) in [7, 11) is 3.32. The largest absolute Gasteiger partial charge is 0.497 e. The van der Waals surface area contributed by atoms with E-state index in [2.05, 4.69) is 5.32 Å². The van der Waals surface area contributed by atoms with Crippen LogP contribution in [0.4, 0.5) is 10.5 Å². The highest BCUT2D eigenvalue weighted by Crippen LogP contribution is 2.36. The van der Waals surface area contributed by atoms with Crippen LogP contribution in [0, 0.1) is 0 Å². The van der Waals surface area contributed by atoms with Crippen molar-refractivity contribution in [1.82, 2.24) is 4.90 Å². The Morgan fingerprint density at radius 1 is 1.15 bits per heavy atom. The maximum absolute atomic E-state index is 12.6. The van der Waals surface area contributed by atoms with Gasteiger partial charge in [-0.05, 0) is 55.1 Å². The Bertz CT molecular complexity index is 764. The van der Waals surface area contributed by atoms with Gasteiger partial charge < -0.3 is 19.7 Å². The lowest BCUT2D eigenvalue weighted by Crippen LogP contribution is -2.32. The third kappa shape index (κ3) is 4.07. The Balaban J connectivity index is 1.67. The number of likely N-dealkylation sites (tertiary alicyclic amines) is 1. The van der Waals surface area contributed by atoms with Crippen LogP contribution < -0.4 is 14.8 Å². The van der Waals surface area contributed by atoms with Crippen LogP contribution in [0.25, 0.3) is 0 Å². The van der Waals surface area contributed by atoms with E-state index in [1.807, 2.05) is 53.6 Å². The predicted molar refractivity (Wildman–Crippen MR) is 106 cm³/mol. The van der Waals surface area contributed by atoms with E-state index in [0.29, 0.717) is 6.54 Å². The fraction of sp³-hybridized carbons (Fsp3) is 0.350. The van der Waals surface area contributed by atoms with Crippen LogP contribution in [0.15, 0.2) is 47.4 Å². The molecule has 1 N–H and O–H groups in total. The summed E-state index contributed by atoms with van der Waals surface area (Å²) in [5, 5.41) is 2.98. The fourth-order valence-corrected chi connectivity index (χ4v) is 3.64. The van der Waals surface area contributed by atoms with E-state index >= 15 is 0 Å². The Hall–Kier alpha value is -2.34. The highest BCUT2D eigenvalue weighted by molar-refractivity contribution is 7.98. The van der Waals surface area contributed by atoms with Crippen LogP contribution in [0.1, 0.15) is 17.9 Å². The molecule has 2 amide bonds. The fourth-order valence-electron chi connectivity index (χ4n) is 3.23. The molecule has 0 spiro atoms. The lowest BCUT2D eigenvalue weighted by atomic mass is 9.97. The molecule has 0 aromatic heterocycles. The zero-order chi connectivity index (χ0) is 18.5. The predicted octanol–water partition coefficient (Wildman–Crippen LogP) is 4.45. The Kier molecular flexibility index (Phi) is 5.93. The maximum atomic E-state index is 12.6. The summed E-state index contributed by atoms with van der Waals surface area (Å²) in [5.74, 6) is 1.88. The van der Waals surface area contributed by atoms with Gasteiger partial charge in [-0.1, -0.05) is 0 Å². The summed E-state index contributed by atoms with van der Waals surface area (Å²) in [5.41, 5.74) is 1.90. The van der Waals surface area contributed by atoms with Crippen molar-refractivity contribution in [2.75, 3.05) is 38.9 Å². The van der Waals surface area contributed by atoms with Crippen LogP contribution in [0.5, 0.6) is 11.5 Å². The van der Waals surface area contributed by atoms with Crippen molar-refractivity contribution in [3.05, 3.63) is 48.0 Å². The van der Waals surface area contributed by atoms with Crippen molar-refractivity contribution in [3.63, 3.8) is 0 Å². The first kappa shape index (κ1) is 18.5. The molecule has 1 fully saturated rings. The number of methoxy groups -OCH3 is 2. The molecular weight excluding hydrogens is 348 g/mol. The number of benzene rings is 2.